The molecule has 0 spiro atoms. The van der Waals surface area contributed by atoms with Gasteiger partial charge in [-0.2, -0.15) is 0 Å². The number of amides is 2. The number of aromatic nitrogens is 1. The van der Waals surface area contributed by atoms with Crippen molar-refractivity contribution >= 4 is 11.8 Å². The van der Waals surface area contributed by atoms with Crippen molar-refractivity contribution < 1.29 is 19.4 Å². The maximum absolute atomic E-state index is 13.1. The summed E-state index contributed by atoms with van der Waals surface area (Å²) >= 11 is 0. The minimum Gasteiger partial charge on any atom is -0.394 e. The largest absolute Gasteiger partial charge is 0.394 e. The molecule has 7 heteroatoms. The molecule has 1 aromatic carbocycles. The molecule has 3 atom stereocenters. The molecule has 7 nitrogen and oxygen atoms in total. The van der Waals surface area contributed by atoms with Crippen molar-refractivity contribution in [1.82, 2.24) is 14.8 Å². The van der Waals surface area contributed by atoms with E-state index < -0.39 is 0 Å². The Morgan fingerprint density at radius 1 is 1.17 bits per heavy atom. The molecule has 0 bridgehead atoms. The predicted molar refractivity (Wildman–Crippen MR) is 108 cm³/mol. The summed E-state index contributed by atoms with van der Waals surface area (Å²) in [6, 6.07) is 12.9. The lowest BCUT2D eigenvalue weighted by atomic mass is 9.74. The average molecular weight is 397 g/mol. The second-order valence-corrected chi connectivity index (χ2v) is 7.30. The first kappa shape index (κ1) is 21.0. The number of aliphatic hydroxyl groups is 1. The molecule has 29 heavy (non-hydrogen) atoms. The van der Waals surface area contributed by atoms with Crippen molar-refractivity contribution in [2.75, 3.05) is 33.9 Å². The monoisotopic (exact) mass is 397 g/mol. The van der Waals surface area contributed by atoms with Crippen LogP contribution < -0.4 is 0 Å². The first-order valence-electron chi connectivity index (χ1n) is 9.65. The number of carbonyl (C=O) groups excluding carboxylic acids is 2. The van der Waals surface area contributed by atoms with E-state index in [9.17, 15) is 14.7 Å². The van der Waals surface area contributed by atoms with Crippen molar-refractivity contribution in [3.8, 4) is 0 Å². The third-order valence-electron chi connectivity index (χ3n) is 5.44. The van der Waals surface area contributed by atoms with E-state index in [4.69, 9.17) is 4.74 Å². The third-order valence-corrected chi connectivity index (χ3v) is 5.44. The molecule has 1 saturated heterocycles. The van der Waals surface area contributed by atoms with Crippen molar-refractivity contribution in [2.24, 2.45) is 0 Å². The Labute approximate surface area is 170 Å². The van der Waals surface area contributed by atoms with Crippen molar-refractivity contribution in [1.29, 1.82) is 0 Å². The first-order chi connectivity index (χ1) is 14.1. The maximum Gasteiger partial charge on any atom is 0.248 e. The van der Waals surface area contributed by atoms with Crippen molar-refractivity contribution in [3.63, 3.8) is 0 Å². The van der Waals surface area contributed by atoms with E-state index >= 15 is 0 Å². The fourth-order valence-corrected chi connectivity index (χ4v) is 4.02. The Kier molecular flexibility index (Phi) is 6.95. The number of nitrogens with zero attached hydrogens (tertiary/aromatic N) is 3. The van der Waals surface area contributed by atoms with Gasteiger partial charge in [-0.25, -0.2) is 0 Å². The molecule has 2 heterocycles. The Balaban J connectivity index is 1.83. The predicted octanol–water partition coefficient (Wildman–Crippen LogP) is 1.08. The molecule has 1 N–H and O–H groups in total. The topological polar surface area (TPSA) is 83.0 Å². The lowest BCUT2D eigenvalue weighted by Gasteiger charge is -2.56. The molecule has 0 saturated carbocycles. The first-order valence-corrected chi connectivity index (χ1v) is 9.65. The molecular formula is C22H27N3O4. The Morgan fingerprint density at radius 2 is 1.93 bits per heavy atom. The Bertz CT molecular complexity index is 815. The smallest absolute Gasteiger partial charge is 0.248 e. The molecule has 1 aliphatic rings. The van der Waals surface area contributed by atoms with Crippen molar-refractivity contribution in [3.05, 3.63) is 66.0 Å². The van der Waals surface area contributed by atoms with Crippen LogP contribution >= 0.6 is 0 Å². The highest BCUT2D eigenvalue weighted by atomic mass is 16.5. The normalized spacial score (nSPS) is 20.8. The van der Waals surface area contributed by atoms with Gasteiger partial charge in [-0.15, -0.1) is 0 Å². The number of benzene rings is 1. The van der Waals surface area contributed by atoms with E-state index in [0.717, 1.165) is 11.1 Å². The van der Waals surface area contributed by atoms with Crippen LogP contribution in [0.25, 0.3) is 0 Å². The zero-order valence-electron chi connectivity index (χ0n) is 16.8. The number of aliphatic hydroxyl groups excluding tert-OH is 1. The van der Waals surface area contributed by atoms with E-state index in [-0.39, 0.29) is 49.5 Å². The molecule has 0 aliphatic carbocycles. The van der Waals surface area contributed by atoms with Crippen LogP contribution in [0.2, 0.25) is 0 Å². The zero-order valence-corrected chi connectivity index (χ0v) is 16.8. The van der Waals surface area contributed by atoms with Gasteiger partial charge in [0, 0.05) is 39.0 Å². The van der Waals surface area contributed by atoms with Gasteiger partial charge < -0.3 is 19.6 Å². The number of rotatable bonds is 8. The van der Waals surface area contributed by atoms with E-state index in [1.54, 1.807) is 35.3 Å². The van der Waals surface area contributed by atoms with Crippen LogP contribution in [-0.4, -0.2) is 77.7 Å². The van der Waals surface area contributed by atoms with Gasteiger partial charge in [0.15, 0.2) is 0 Å². The van der Waals surface area contributed by atoms with Gasteiger partial charge in [0.1, 0.15) is 6.61 Å². The quantitative estimate of drug-likeness (QED) is 0.721. The van der Waals surface area contributed by atoms with Gasteiger partial charge in [-0.05, 0) is 17.2 Å². The van der Waals surface area contributed by atoms with E-state index in [2.05, 4.69) is 4.98 Å². The number of carbonyl (C=O) groups is 2. The van der Waals surface area contributed by atoms with Gasteiger partial charge in [0.2, 0.25) is 11.8 Å². The van der Waals surface area contributed by atoms with Crippen LogP contribution in [0.4, 0.5) is 0 Å². The fourth-order valence-electron chi connectivity index (χ4n) is 4.02. The summed E-state index contributed by atoms with van der Waals surface area (Å²) in [6.45, 7) is 0.230. The molecule has 2 aromatic rings. The fraction of sp³-hybridized carbons (Fsp3) is 0.409. The summed E-state index contributed by atoms with van der Waals surface area (Å²) in [5, 5.41) is 10.0. The summed E-state index contributed by atoms with van der Waals surface area (Å²) in [7, 11) is 3.19. The number of hydrogen-bond acceptors (Lipinski definition) is 5. The number of ether oxygens (including phenoxy) is 1. The van der Waals surface area contributed by atoms with E-state index in [1.165, 1.54) is 7.11 Å². The van der Waals surface area contributed by atoms with Crippen LogP contribution in [-0.2, 0) is 20.7 Å². The third kappa shape index (κ3) is 4.63. The highest BCUT2D eigenvalue weighted by Gasteiger charge is 2.51. The standard InChI is InChI=1S/C22H27N3O4/c1-24(21(28)15-29-2)13-18-22(17-8-4-3-5-9-17)19(14-26)25(18)20(27)11-16-7-6-10-23-12-16/h3-10,12,18-19,22,26H,11,13-15H2,1-2H3/t18-,19+,22-/m0/s1. The number of methoxy groups -OCH3 is 1. The number of likely N-dealkylation sites (N-methyl/N-ethyl adjacent to an activating group) is 1. The van der Waals surface area contributed by atoms with Gasteiger partial charge in [0.25, 0.3) is 0 Å². The summed E-state index contributed by atoms with van der Waals surface area (Å²) in [4.78, 5) is 32.7. The van der Waals surface area contributed by atoms with Gasteiger partial charge in [-0.3, -0.25) is 14.6 Å². The minimum absolute atomic E-state index is 0.00766. The Hall–Kier alpha value is -2.77. The van der Waals surface area contributed by atoms with E-state index in [1.807, 2.05) is 36.4 Å². The van der Waals surface area contributed by atoms with Crippen LogP contribution in [0.5, 0.6) is 0 Å². The molecule has 1 fully saturated rings. The SMILES string of the molecule is COCC(=O)N(C)C[C@H]1[C@H](c2ccccc2)[C@@H](CO)N1C(=O)Cc1cccnc1. The maximum atomic E-state index is 13.1. The van der Waals surface area contributed by atoms with Gasteiger partial charge >= 0.3 is 0 Å². The van der Waals surface area contributed by atoms with E-state index in [0.29, 0.717) is 6.54 Å². The molecule has 0 unspecified atom stereocenters. The molecule has 1 aromatic heterocycles. The van der Waals surface area contributed by atoms with Crippen molar-refractivity contribution in [2.45, 2.75) is 24.4 Å². The second kappa shape index (κ2) is 9.62. The lowest BCUT2D eigenvalue weighted by molar-refractivity contribution is -0.154. The molecule has 1 aliphatic heterocycles. The highest BCUT2D eigenvalue weighted by molar-refractivity contribution is 5.81. The van der Waals surface area contributed by atoms with Crippen LogP contribution in [0.15, 0.2) is 54.9 Å². The van der Waals surface area contributed by atoms with Crippen LogP contribution in [0.1, 0.15) is 17.0 Å². The Morgan fingerprint density at radius 3 is 2.55 bits per heavy atom. The summed E-state index contributed by atoms with van der Waals surface area (Å²) in [5.74, 6) is -0.273. The highest BCUT2D eigenvalue weighted by Crippen LogP contribution is 2.41. The molecular weight excluding hydrogens is 370 g/mol. The average Bonchev–Trinajstić information content (AvgIpc) is 2.72. The minimum atomic E-state index is -0.322. The number of likely N-dealkylation sites (tertiary alicyclic amines) is 1. The summed E-state index contributed by atoms with van der Waals surface area (Å²) in [6.07, 6.45) is 3.54. The molecule has 2 amide bonds. The summed E-state index contributed by atoms with van der Waals surface area (Å²) in [5.41, 5.74) is 1.87. The van der Waals surface area contributed by atoms with Crippen LogP contribution in [0, 0.1) is 0 Å². The zero-order chi connectivity index (χ0) is 20.8. The number of pyridine rings is 1. The van der Waals surface area contributed by atoms with Crippen LogP contribution in [0.3, 0.4) is 0 Å². The lowest BCUT2D eigenvalue weighted by Crippen LogP contribution is -2.69. The van der Waals surface area contributed by atoms with Gasteiger partial charge in [0.05, 0.1) is 25.1 Å². The summed E-state index contributed by atoms with van der Waals surface area (Å²) < 4.78 is 4.95. The molecule has 154 valence electrons. The molecule has 0 radical (unpaired) electrons. The number of hydrogen-bond donors (Lipinski definition) is 1. The molecule has 3 rings (SSSR count). The second-order valence-electron chi connectivity index (χ2n) is 7.30. The van der Waals surface area contributed by atoms with Gasteiger partial charge in [-0.1, -0.05) is 36.4 Å².